The van der Waals surface area contributed by atoms with Gasteiger partial charge in [-0.25, -0.2) is 4.98 Å². The van der Waals surface area contributed by atoms with Crippen molar-refractivity contribution < 1.29 is 0 Å². The Kier molecular flexibility index (Phi) is 3.07. The lowest BCUT2D eigenvalue weighted by molar-refractivity contribution is 0.958. The molecule has 0 unspecified atom stereocenters. The van der Waals surface area contributed by atoms with Crippen molar-refractivity contribution in [3.63, 3.8) is 0 Å². The van der Waals surface area contributed by atoms with Gasteiger partial charge in [-0.3, -0.25) is 0 Å². The highest BCUT2D eigenvalue weighted by Crippen LogP contribution is 2.27. The molecule has 0 aliphatic heterocycles. The van der Waals surface area contributed by atoms with Gasteiger partial charge in [0.05, 0.1) is 22.7 Å². The van der Waals surface area contributed by atoms with E-state index in [0.29, 0.717) is 5.56 Å². The molecule has 3 nitrogen and oxygen atoms in total. The Labute approximate surface area is 125 Å². The second kappa shape index (κ2) is 4.77. The highest BCUT2D eigenvalue weighted by atomic mass is 79.9. The normalized spacial score (nSPS) is 10.7. The molecule has 20 heavy (non-hydrogen) atoms. The minimum Gasteiger partial charge on any atom is -0.327 e. The zero-order valence-electron chi connectivity index (χ0n) is 11.2. The molecule has 0 saturated heterocycles. The first-order valence-electron chi connectivity index (χ1n) is 6.22. The average molecular weight is 326 g/mol. The number of fused-ring (bicyclic) bond motifs is 1. The van der Waals surface area contributed by atoms with Gasteiger partial charge in [-0.05, 0) is 48.9 Å². The summed E-state index contributed by atoms with van der Waals surface area (Å²) in [4.78, 5) is 4.67. The Morgan fingerprint density at radius 1 is 1.20 bits per heavy atom. The molecule has 0 N–H and O–H groups in total. The Hall–Kier alpha value is -2.12. The predicted octanol–water partition coefficient (Wildman–Crippen LogP) is 4.18. The molecule has 0 radical (unpaired) electrons. The van der Waals surface area contributed by atoms with Crippen LogP contribution in [0.4, 0.5) is 0 Å². The van der Waals surface area contributed by atoms with Gasteiger partial charge < -0.3 is 4.57 Å². The number of rotatable bonds is 1. The van der Waals surface area contributed by atoms with Crippen LogP contribution in [0.1, 0.15) is 11.1 Å². The molecule has 0 atom stereocenters. The summed E-state index contributed by atoms with van der Waals surface area (Å²) in [6, 6.07) is 14.0. The summed E-state index contributed by atoms with van der Waals surface area (Å²) in [6.45, 7) is 2.06. The third-order valence-corrected chi connectivity index (χ3v) is 3.77. The van der Waals surface area contributed by atoms with Crippen LogP contribution in [0, 0.1) is 18.3 Å². The van der Waals surface area contributed by atoms with Gasteiger partial charge in [-0.1, -0.05) is 15.9 Å². The van der Waals surface area contributed by atoms with Crippen molar-refractivity contribution in [1.82, 2.24) is 9.55 Å². The number of hydrogen-bond donors (Lipinski definition) is 0. The first kappa shape index (κ1) is 12.9. The number of imidazole rings is 1. The largest absolute Gasteiger partial charge is 0.327 e. The highest BCUT2D eigenvalue weighted by Gasteiger charge is 2.11. The third-order valence-electron chi connectivity index (χ3n) is 3.31. The molecule has 0 spiro atoms. The summed E-state index contributed by atoms with van der Waals surface area (Å²) < 4.78 is 3.06. The molecule has 0 aliphatic rings. The fourth-order valence-corrected chi connectivity index (χ4v) is 2.99. The molecule has 0 amide bonds. The van der Waals surface area contributed by atoms with Gasteiger partial charge in [0.1, 0.15) is 5.82 Å². The van der Waals surface area contributed by atoms with E-state index in [2.05, 4.69) is 52.1 Å². The van der Waals surface area contributed by atoms with Gasteiger partial charge in [-0.15, -0.1) is 0 Å². The Bertz CT molecular complexity index is 836. The Morgan fingerprint density at radius 3 is 2.70 bits per heavy atom. The minimum absolute atomic E-state index is 0.650. The second-order valence-corrected chi connectivity index (χ2v) is 5.74. The van der Waals surface area contributed by atoms with Crippen molar-refractivity contribution >= 4 is 27.0 Å². The number of nitrogens with zero attached hydrogens (tertiary/aromatic N) is 3. The van der Waals surface area contributed by atoms with E-state index in [0.717, 1.165) is 26.9 Å². The van der Waals surface area contributed by atoms with E-state index in [1.165, 1.54) is 5.56 Å². The lowest BCUT2D eigenvalue weighted by Gasteiger charge is -2.05. The average Bonchev–Trinajstić information content (AvgIpc) is 2.74. The molecular formula is C16H12BrN3. The van der Waals surface area contributed by atoms with Gasteiger partial charge in [0.25, 0.3) is 0 Å². The number of hydrogen-bond acceptors (Lipinski definition) is 2. The molecule has 3 rings (SSSR count). The second-order valence-electron chi connectivity index (χ2n) is 4.83. The molecule has 1 aromatic heterocycles. The van der Waals surface area contributed by atoms with Gasteiger partial charge in [0, 0.05) is 17.1 Å². The first-order valence-corrected chi connectivity index (χ1v) is 7.02. The van der Waals surface area contributed by atoms with Crippen LogP contribution in [0.15, 0.2) is 40.9 Å². The number of aryl methyl sites for hydroxylation is 2. The molecular weight excluding hydrogens is 314 g/mol. The minimum atomic E-state index is 0.650. The predicted molar refractivity (Wildman–Crippen MR) is 83.3 cm³/mol. The number of nitriles is 1. The summed E-state index contributed by atoms with van der Waals surface area (Å²) in [5, 5.41) is 9.00. The van der Waals surface area contributed by atoms with Crippen molar-refractivity contribution in [3.05, 3.63) is 52.0 Å². The van der Waals surface area contributed by atoms with Crippen LogP contribution in [0.25, 0.3) is 22.4 Å². The summed E-state index contributed by atoms with van der Waals surface area (Å²) in [7, 11) is 1.97. The maximum absolute atomic E-state index is 9.00. The summed E-state index contributed by atoms with van der Waals surface area (Å²) in [6.07, 6.45) is 0. The zero-order valence-corrected chi connectivity index (χ0v) is 12.8. The van der Waals surface area contributed by atoms with Crippen LogP contribution in [0.5, 0.6) is 0 Å². The first-order chi connectivity index (χ1) is 9.58. The quantitative estimate of drug-likeness (QED) is 0.673. The zero-order chi connectivity index (χ0) is 14.3. The van der Waals surface area contributed by atoms with E-state index in [1.54, 1.807) is 6.07 Å². The monoisotopic (exact) mass is 325 g/mol. The third kappa shape index (κ3) is 2.10. The molecule has 0 aliphatic carbocycles. The summed E-state index contributed by atoms with van der Waals surface area (Å²) in [5.74, 6) is 0.902. The van der Waals surface area contributed by atoms with E-state index in [-0.39, 0.29) is 0 Å². The van der Waals surface area contributed by atoms with E-state index < -0.39 is 0 Å². The summed E-state index contributed by atoms with van der Waals surface area (Å²) in [5.41, 5.74) is 4.77. The van der Waals surface area contributed by atoms with Crippen molar-refractivity contribution in [2.24, 2.45) is 7.05 Å². The fraction of sp³-hybridized carbons (Fsp3) is 0.125. The van der Waals surface area contributed by atoms with Gasteiger partial charge in [-0.2, -0.15) is 5.26 Å². The topological polar surface area (TPSA) is 41.6 Å². The SMILES string of the molecule is Cc1cc(Br)cc(-c2nc3ccc(C#N)cc3n2C)c1. The summed E-state index contributed by atoms with van der Waals surface area (Å²) >= 11 is 3.52. The Morgan fingerprint density at radius 2 is 2.00 bits per heavy atom. The van der Waals surface area contributed by atoms with E-state index >= 15 is 0 Å². The number of benzene rings is 2. The Balaban J connectivity index is 2.27. The van der Waals surface area contributed by atoms with E-state index in [4.69, 9.17) is 5.26 Å². The molecule has 3 aromatic rings. The van der Waals surface area contributed by atoms with E-state index in [9.17, 15) is 0 Å². The van der Waals surface area contributed by atoms with Crippen LogP contribution in [-0.4, -0.2) is 9.55 Å². The smallest absolute Gasteiger partial charge is 0.140 e. The maximum Gasteiger partial charge on any atom is 0.140 e. The van der Waals surface area contributed by atoms with Crippen LogP contribution < -0.4 is 0 Å². The van der Waals surface area contributed by atoms with Crippen molar-refractivity contribution in [1.29, 1.82) is 5.26 Å². The van der Waals surface area contributed by atoms with Gasteiger partial charge in [0.15, 0.2) is 0 Å². The lowest BCUT2D eigenvalue weighted by Crippen LogP contribution is -1.93. The van der Waals surface area contributed by atoms with Crippen LogP contribution in [0.3, 0.4) is 0 Å². The molecule has 2 aromatic carbocycles. The standard InChI is InChI=1S/C16H12BrN3/c1-10-5-12(8-13(17)6-10)16-19-14-4-3-11(9-18)7-15(14)20(16)2/h3-8H,1-2H3. The number of aromatic nitrogens is 2. The van der Waals surface area contributed by atoms with Crippen molar-refractivity contribution in [3.8, 4) is 17.5 Å². The molecule has 98 valence electrons. The van der Waals surface area contributed by atoms with Crippen LogP contribution in [-0.2, 0) is 7.05 Å². The van der Waals surface area contributed by atoms with E-state index in [1.807, 2.05) is 23.7 Å². The van der Waals surface area contributed by atoms with Crippen molar-refractivity contribution in [2.45, 2.75) is 6.92 Å². The van der Waals surface area contributed by atoms with Gasteiger partial charge >= 0.3 is 0 Å². The van der Waals surface area contributed by atoms with Crippen LogP contribution >= 0.6 is 15.9 Å². The van der Waals surface area contributed by atoms with Crippen LogP contribution in [0.2, 0.25) is 0 Å². The molecule has 1 heterocycles. The number of halogens is 1. The lowest BCUT2D eigenvalue weighted by atomic mass is 10.1. The van der Waals surface area contributed by atoms with Crippen molar-refractivity contribution in [2.75, 3.05) is 0 Å². The molecule has 0 saturated carbocycles. The highest BCUT2D eigenvalue weighted by molar-refractivity contribution is 9.10. The maximum atomic E-state index is 9.00. The fourth-order valence-electron chi connectivity index (χ4n) is 2.38. The molecule has 0 bridgehead atoms. The van der Waals surface area contributed by atoms with Gasteiger partial charge in [0.2, 0.25) is 0 Å². The molecule has 0 fully saturated rings. The molecule has 4 heteroatoms.